The number of nitrogens with one attached hydrogen (secondary N) is 2. The molecule has 10 nitrogen and oxygen atoms in total. The molecule has 1 fully saturated rings. The molecule has 1 aliphatic rings. The first-order valence-electron chi connectivity index (χ1n) is 11.2. The van der Waals surface area contributed by atoms with E-state index in [1.807, 2.05) is 31.2 Å². The SMILES string of the molecule is COc1cnccc1Nc1nc(C)c(-c2nc3ccccc3s2)c(N[C@@H]2C[C@H](CO)[C@@H](O)[C@H]2O)n1. The molecule has 11 heteroatoms. The molecule has 0 unspecified atom stereocenters. The highest BCUT2D eigenvalue weighted by molar-refractivity contribution is 7.21. The van der Waals surface area contributed by atoms with E-state index in [0.29, 0.717) is 40.9 Å². The number of rotatable bonds is 7. The normalized spacial score (nSPS) is 21.9. The van der Waals surface area contributed by atoms with Crippen molar-refractivity contribution in [2.45, 2.75) is 31.6 Å². The van der Waals surface area contributed by atoms with Crippen molar-refractivity contribution >= 4 is 39.0 Å². The highest BCUT2D eigenvalue weighted by Gasteiger charge is 2.41. The monoisotopic (exact) mass is 494 g/mol. The van der Waals surface area contributed by atoms with Gasteiger partial charge in [-0.1, -0.05) is 12.1 Å². The first-order valence-corrected chi connectivity index (χ1v) is 12.0. The summed E-state index contributed by atoms with van der Waals surface area (Å²) in [6, 6.07) is 9.12. The van der Waals surface area contributed by atoms with Crippen molar-refractivity contribution in [2.75, 3.05) is 24.4 Å². The molecule has 3 aromatic heterocycles. The van der Waals surface area contributed by atoms with Gasteiger partial charge in [-0.2, -0.15) is 4.98 Å². The summed E-state index contributed by atoms with van der Waals surface area (Å²) in [4.78, 5) is 18.2. The van der Waals surface area contributed by atoms with E-state index < -0.39 is 24.2 Å². The summed E-state index contributed by atoms with van der Waals surface area (Å²) in [5.74, 6) is 0.918. The standard InChI is InChI=1S/C24H26N6O4S/c1-12-19(23-28-15-5-3-4-6-18(15)35-23)22(27-16-9-13(11-31)20(32)21(16)33)30-24(26-12)29-14-7-8-25-10-17(14)34-2/h3-8,10,13,16,20-21,31-33H,9,11H2,1-2H3,(H2,25,26,27,29,30)/t13-,16-,20-,21+/m1/s1. The molecule has 1 aliphatic carbocycles. The third-order valence-electron chi connectivity index (χ3n) is 6.21. The molecular formula is C24H26N6O4S. The minimum absolute atomic E-state index is 0.210. The molecular weight excluding hydrogens is 468 g/mol. The van der Waals surface area contributed by atoms with Gasteiger partial charge in [0.1, 0.15) is 16.9 Å². The number of aliphatic hydroxyl groups excluding tert-OH is 3. The van der Waals surface area contributed by atoms with Crippen LogP contribution in [0.1, 0.15) is 12.1 Å². The number of hydrogen-bond donors (Lipinski definition) is 5. The lowest BCUT2D eigenvalue weighted by Gasteiger charge is -2.21. The van der Waals surface area contributed by atoms with Crippen molar-refractivity contribution in [3.63, 3.8) is 0 Å². The van der Waals surface area contributed by atoms with Crippen LogP contribution in [0.5, 0.6) is 5.75 Å². The number of hydrogen-bond acceptors (Lipinski definition) is 11. The Balaban J connectivity index is 1.57. The molecule has 0 amide bonds. The number of methoxy groups -OCH3 is 1. The molecule has 0 aliphatic heterocycles. The van der Waals surface area contributed by atoms with Crippen LogP contribution in [0.2, 0.25) is 0 Å². The van der Waals surface area contributed by atoms with Gasteiger partial charge in [-0.05, 0) is 31.5 Å². The van der Waals surface area contributed by atoms with Gasteiger partial charge in [0.05, 0.1) is 52.6 Å². The molecule has 1 saturated carbocycles. The molecule has 0 spiro atoms. The van der Waals surface area contributed by atoms with Gasteiger partial charge in [-0.15, -0.1) is 11.3 Å². The van der Waals surface area contributed by atoms with Crippen LogP contribution < -0.4 is 15.4 Å². The number of aryl methyl sites for hydroxylation is 1. The summed E-state index contributed by atoms with van der Waals surface area (Å²) in [5.41, 5.74) is 2.92. The first kappa shape index (κ1) is 23.4. The van der Waals surface area contributed by atoms with Crippen LogP contribution in [0.4, 0.5) is 17.5 Å². The zero-order valence-corrected chi connectivity index (χ0v) is 20.0. The minimum atomic E-state index is -1.05. The van der Waals surface area contributed by atoms with E-state index in [1.54, 1.807) is 25.6 Å². The quantitative estimate of drug-likeness (QED) is 0.260. The summed E-state index contributed by atoms with van der Waals surface area (Å²) in [6.07, 6.45) is 1.54. The number of benzene rings is 1. The van der Waals surface area contributed by atoms with E-state index in [9.17, 15) is 15.3 Å². The summed E-state index contributed by atoms with van der Waals surface area (Å²) >= 11 is 1.53. The zero-order valence-electron chi connectivity index (χ0n) is 19.2. The van der Waals surface area contributed by atoms with Crippen LogP contribution in [0.3, 0.4) is 0 Å². The molecule has 3 heterocycles. The van der Waals surface area contributed by atoms with Crippen molar-refractivity contribution in [3.05, 3.63) is 48.4 Å². The molecule has 4 aromatic rings. The Morgan fingerprint density at radius 3 is 2.69 bits per heavy atom. The van der Waals surface area contributed by atoms with Crippen molar-refractivity contribution < 1.29 is 20.1 Å². The van der Waals surface area contributed by atoms with E-state index in [2.05, 4.69) is 20.6 Å². The fraction of sp³-hybridized carbons (Fsp3) is 0.333. The third-order valence-corrected chi connectivity index (χ3v) is 7.26. The number of aliphatic hydroxyl groups is 3. The second kappa shape index (κ2) is 9.70. The number of thiazole rings is 1. The Kier molecular flexibility index (Phi) is 6.48. The average molecular weight is 495 g/mol. The van der Waals surface area contributed by atoms with Crippen molar-refractivity contribution in [1.29, 1.82) is 0 Å². The van der Waals surface area contributed by atoms with Gasteiger partial charge in [0, 0.05) is 18.7 Å². The lowest BCUT2D eigenvalue weighted by Crippen LogP contribution is -2.35. The summed E-state index contributed by atoms with van der Waals surface area (Å²) in [5, 5.41) is 37.8. The molecule has 5 N–H and O–H groups in total. The second-order valence-electron chi connectivity index (χ2n) is 8.45. The molecule has 0 bridgehead atoms. The van der Waals surface area contributed by atoms with Crippen LogP contribution in [0.15, 0.2) is 42.7 Å². The Morgan fingerprint density at radius 1 is 1.11 bits per heavy atom. The maximum absolute atomic E-state index is 10.6. The number of aromatic nitrogens is 4. The van der Waals surface area contributed by atoms with Crippen molar-refractivity contribution in [2.24, 2.45) is 5.92 Å². The van der Waals surface area contributed by atoms with Crippen molar-refractivity contribution in [3.8, 4) is 16.3 Å². The number of anilines is 3. The summed E-state index contributed by atoms with van der Waals surface area (Å²) in [7, 11) is 1.56. The number of ether oxygens (including phenoxy) is 1. The van der Waals surface area contributed by atoms with Gasteiger partial charge >= 0.3 is 0 Å². The van der Waals surface area contributed by atoms with Gasteiger partial charge < -0.3 is 30.7 Å². The molecule has 35 heavy (non-hydrogen) atoms. The van der Waals surface area contributed by atoms with Gasteiger partial charge in [-0.25, -0.2) is 9.97 Å². The molecule has 182 valence electrons. The van der Waals surface area contributed by atoms with Gasteiger partial charge in [0.2, 0.25) is 5.95 Å². The molecule has 1 aromatic carbocycles. The van der Waals surface area contributed by atoms with Crippen molar-refractivity contribution in [1.82, 2.24) is 19.9 Å². The summed E-state index contributed by atoms with van der Waals surface area (Å²) < 4.78 is 6.41. The van der Waals surface area contributed by atoms with E-state index >= 15 is 0 Å². The number of pyridine rings is 1. The van der Waals surface area contributed by atoms with E-state index in [0.717, 1.165) is 15.2 Å². The maximum Gasteiger partial charge on any atom is 0.229 e. The number of fused-ring (bicyclic) bond motifs is 1. The van der Waals surface area contributed by atoms with E-state index in [4.69, 9.17) is 14.7 Å². The van der Waals surface area contributed by atoms with Crippen LogP contribution in [-0.4, -0.2) is 67.2 Å². The third kappa shape index (κ3) is 4.50. The van der Waals surface area contributed by atoms with Crippen LogP contribution in [0, 0.1) is 12.8 Å². The zero-order chi connectivity index (χ0) is 24.5. The van der Waals surface area contributed by atoms with Crippen LogP contribution >= 0.6 is 11.3 Å². The van der Waals surface area contributed by atoms with E-state index in [1.165, 1.54) is 11.3 Å². The van der Waals surface area contributed by atoms with Crippen LogP contribution in [0.25, 0.3) is 20.8 Å². The Morgan fingerprint density at radius 2 is 1.94 bits per heavy atom. The number of nitrogens with zero attached hydrogens (tertiary/aromatic N) is 4. The predicted octanol–water partition coefficient (Wildman–Crippen LogP) is 2.72. The second-order valence-corrected chi connectivity index (χ2v) is 9.48. The van der Waals surface area contributed by atoms with Gasteiger partial charge in [0.15, 0.2) is 5.75 Å². The highest BCUT2D eigenvalue weighted by Crippen LogP contribution is 2.38. The molecule has 5 rings (SSSR count). The summed E-state index contributed by atoms with van der Waals surface area (Å²) in [6.45, 7) is 1.66. The Hall–Kier alpha value is -3.38. The molecule has 0 radical (unpaired) electrons. The Labute approximate surface area is 205 Å². The minimum Gasteiger partial charge on any atom is -0.493 e. The largest absolute Gasteiger partial charge is 0.493 e. The molecule has 0 saturated heterocycles. The highest BCUT2D eigenvalue weighted by atomic mass is 32.1. The van der Waals surface area contributed by atoms with Gasteiger partial charge in [-0.3, -0.25) is 4.98 Å². The predicted molar refractivity (Wildman–Crippen MR) is 134 cm³/mol. The topological polar surface area (TPSA) is 146 Å². The number of para-hydroxylation sites is 1. The lowest BCUT2D eigenvalue weighted by molar-refractivity contribution is 0.00446. The maximum atomic E-state index is 10.6. The van der Waals surface area contributed by atoms with E-state index in [-0.39, 0.29) is 6.61 Å². The van der Waals surface area contributed by atoms with Gasteiger partial charge in [0.25, 0.3) is 0 Å². The average Bonchev–Trinajstić information content (AvgIpc) is 3.40. The fourth-order valence-corrected chi connectivity index (χ4v) is 5.42. The fourth-order valence-electron chi connectivity index (χ4n) is 4.36. The molecule has 4 atom stereocenters. The smallest absolute Gasteiger partial charge is 0.229 e. The Bertz CT molecular complexity index is 1320. The first-order chi connectivity index (χ1) is 17.0. The lowest BCUT2D eigenvalue weighted by atomic mass is 10.1. The van der Waals surface area contributed by atoms with Crippen LogP contribution in [-0.2, 0) is 0 Å².